The van der Waals surface area contributed by atoms with Gasteiger partial charge in [0.05, 0.1) is 0 Å². The number of para-hydroxylation sites is 1. The SMILES string of the molecule is OC(=S)OC(=S)Oc1ccccc1. The van der Waals surface area contributed by atoms with Crippen molar-refractivity contribution in [2.24, 2.45) is 0 Å². The van der Waals surface area contributed by atoms with E-state index in [4.69, 9.17) is 9.84 Å². The summed E-state index contributed by atoms with van der Waals surface area (Å²) >= 11 is 8.87. The van der Waals surface area contributed by atoms with Crippen LogP contribution in [-0.2, 0) is 4.74 Å². The molecule has 0 heterocycles. The number of aliphatic hydroxyl groups excluding tert-OH is 1. The molecule has 0 aliphatic carbocycles. The average Bonchev–Trinajstić information content (AvgIpc) is 2.04. The van der Waals surface area contributed by atoms with E-state index in [1.165, 1.54) is 0 Å². The van der Waals surface area contributed by atoms with Crippen LogP contribution in [-0.4, -0.2) is 15.6 Å². The first kappa shape index (κ1) is 9.88. The highest BCUT2D eigenvalue weighted by molar-refractivity contribution is 7.81. The summed E-state index contributed by atoms with van der Waals surface area (Å²) in [5, 5.41) is 7.67. The van der Waals surface area contributed by atoms with Gasteiger partial charge < -0.3 is 14.6 Å². The molecule has 13 heavy (non-hydrogen) atoms. The van der Waals surface area contributed by atoms with Gasteiger partial charge in [-0.15, -0.1) is 0 Å². The van der Waals surface area contributed by atoms with Gasteiger partial charge >= 0.3 is 10.5 Å². The molecule has 0 aliphatic rings. The fourth-order valence-corrected chi connectivity index (χ4v) is 0.980. The topological polar surface area (TPSA) is 38.7 Å². The molecule has 1 aromatic rings. The van der Waals surface area contributed by atoms with Crippen LogP contribution in [0.3, 0.4) is 0 Å². The van der Waals surface area contributed by atoms with Crippen molar-refractivity contribution in [1.82, 2.24) is 0 Å². The lowest BCUT2D eigenvalue weighted by atomic mass is 10.3. The Bertz CT molecular complexity index is 310. The molecule has 0 radical (unpaired) electrons. The summed E-state index contributed by atoms with van der Waals surface area (Å²) in [6, 6.07) is 8.82. The van der Waals surface area contributed by atoms with Gasteiger partial charge in [0, 0.05) is 24.4 Å². The molecule has 0 amide bonds. The molecule has 0 fully saturated rings. The summed E-state index contributed by atoms with van der Waals surface area (Å²) in [7, 11) is 0. The number of benzene rings is 1. The minimum absolute atomic E-state index is 0.223. The van der Waals surface area contributed by atoms with Gasteiger partial charge in [-0.3, -0.25) is 0 Å². The number of aliphatic hydroxyl groups is 1. The second-order valence-electron chi connectivity index (χ2n) is 2.03. The van der Waals surface area contributed by atoms with Crippen LogP contribution in [0.5, 0.6) is 5.75 Å². The van der Waals surface area contributed by atoms with Crippen molar-refractivity contribution < 1.29 is 14.6 Å². The predicted molar refractivity (Wildman–Crippen MR) is 56.0 cm³/mol. The van der Waals surface area contributed by atoms with Crippen molar-refractivity contribution in [2.45, 2.75) is 0 Å². The fraction of sp³-hybridized carbons (Fsp3) is 0. The van der Waals surface area contributed by atoms with Gasteiger partial charge in [-0.05, 0) is 12.1 Å². The summed E-state index contributed by atoms with van der Waals surface area (Å²) in [6.07, 6.45) is 0. The van der Waals surface area contributed by atoms with E-state index < -0.39 is 5.24 Å². The highest BCUT2D eigenvalue weighted by Crippen LogP contribution is 2.09. The molecule has 0 unspecified atom stereocenters. The quantitative estimate of drug-likeness (QED) is 0.726. The number of hydrogen-bond acceptors (Lipinski definition) is 4. The molecule has 3 nitrogen and oxygen atoms in total. The number of rotatable bonds is 1. The van der Waals surface area contributed by atoms with E-state index in [1.807, 2.05) is 6.07 Å². The largest absolute Gasteiger partial charge is 0.472 e. The third-order valence-electron chi connectivity index (χ3n) is 1.12. The Morgan fingerprint density at radius 2 is 1.77 bits per heavy atom. The molecule has 5 heteroatoms. The molecule has 0 spiro atoms. The van der Waals surface area contributed by atoms with Gasteiger partial charge in [0.1, 0.15) is 5.75 Å². The zero-order valence-electron chi connectivity index (χ0n) is 6.47. The maximum absolute atomic E-state index is 8.54. The Hall–Kier alpha value is -1.20. The van der Waals surface area contributed by atoms with E-state index in [9.17, 15) is 0 Å². The average molecular weight is 214 g/mol. The van der Waals surface area contributed by atoms with Crippen molar-refractivity contribution in [2.75, 3.05) is 0 Å². The van der Waals surface area contributed by atoms with Crippen LogP contribution in [0.25, 0.3) is 0 Å². The lowest BCUT2D eigenvalue weighted by Crippen LogP contribution is -2.13. The minimum atomic E-state index is -0.652. The molecule has 0 aromatic heterocycles. The van der Waals surface area contributed by atoms with Crippen molar-refractivity contribution in [3.05, 3.63) is 30.3 Å². The van der Waals surface area contributed by atoms with Crippen LogP contribution in [0.15, 0.2) is 30.3 Å². The first-order valence-electron chi connectivity index (χ1n) is 3.36. The third-order valence-corrected chi connectivity index (χ3v) is 1.37. The third kappa shape index (κ3) is 3.82. The first-order chi connectivity index (χ1) is 6.18. The number of thiocarbonyl (C=S) groups is 2. The Labute approximate surface area is 85.9 Å². The van der Waals surface area contributed by atoms with Gasteiger partial charge in [0.25, 0.3) is 0 Å². The Kier molecular flexibility index (Phi) is 3.60. The molecule has 0 saturated heterocycles. The summed E-state index contributed by atoms with van der Waals surface area (Å²) in [4.78, 5) is 0. The van der Waals surface area contributed by atoms with Gasteiger partial charge in [0.2, 0.25) is 0 Å². The zero-order chi connectivity index (χ0) is 9.68. The molecular weight excluding hydrogens is 208 g/mol. The molecule has 0 atom stereocenters. The maximum Gasteiger partial charge on any atom is 0.366 e. The summed E-state index contributed by atoms with van der Waals surface area (Å²) in [6.45, 7) is 0. The fourth-order valence-electron chi connectivity index (χ4n) is 0.677. The van der Waals surface area contributed by atoms with Crippen LogP contribution >= 0.6 is 24.4 Å². The van der Waals surface area contributed by atoms with Crippen molar-refractivity contribution >= 4 is 34.9 Å². The van der Waals surface area contributed by atoms with Crippen LogP contribution in [0.1, 0.15) is 0 Å². The molecular formula is C8H6O3S2. The molecule has 68 valence electrons. The predicted octanol–water partition coefficient (Wildman–Crippen LogP) is 2.21. The molecule has 0 aliphatic heterocycles. The lowest BCUT2D eigenvalue weighted by molar-refractivity contribution is 0.330. The van der Waals surface area contributed by atoms with Crippen LogP contribution in [0, 0.1) is 0 Å². The van der Waals surface area contributed by atoms with Crippen molar-refractivity contribution in [3.63, 3.8) is 0 Å². The van der Waals surface area contributed by atoms with E-state index in [0.717, 1.165) is 0 Å². The van der Waals surface area contributed by atoms with Crippen molar-refractivity contribution in [3.8, 4) is 5.75 Å². The Morgan fingerprint density at radius 3 is 2.31 bits per heavy atom. The summed E-state index contributed by atoms with van der Waals surface area (Å²) in [5.41, 5.74) is 0. The molecule has 0 saturated carbocycles. The first-order valence-corrected chi connectivity index (χ1v) is 4.18. The van der Waals surface area contributed by atoms with Gasteiger partial charge in [-0.1, -0.05) is 18.2 Å². The normalized spacial score (nSPS) is 8.92. The van der Waals surface area contributed by atoms with E-state index >= 15 is 0 Å². The zero-order valence-corrected chi connectivity index (χ0v) is 8.10. The minimum Gasteiger partial charge on any atom is -0.472 e. The monoisotopic (exact) mass is 214 g/mol. The maximum atomic E-state index is 8.54. The van der Waals surface area contributed by atoms with Gasteiger partial charge in [-0.25, -0.2) is 0 Å². The summed E-state index contributed by atoms with van der Waals surface area (Å²) in [5.74, 6) is 0.531. The van der Waals surface area contributed by atoms with Crippen LogP contribution < -0.4 is 4.74 Å². The highest BCUT2D eigenvalue weighted by Gasteiger charge is 2.02. The second-order valence-corrected chi connectivity index (χ2v) is 2.72. The highest BCUT2D eigenvalue weighted by atomic mass is 32.1. The molecule has 1 N–H and O–H groups in total. The smallest absolute Gasteiger partial charge is 0.366 e. The standard InChI is InChI=1S/C8H6O3S2/c9-7(12)11-8(13)10-6-4-2-1-3-5-6/h1-5H,(H,9,12). The second kappa shape index (κ2) is 4.74. The molecule has 1 aromatic carbocycles. The van der Waals surface area contributed by atoms with Crippen molar-refractivity contribution in [1.29, 1.82) is 0 Å². The molecule has 0 bridgehead atoms. The van der Waals surface area contributed by atoms with Crippen LogP contribution in [0.2, 0.25) is 0 Å². The Morgan fingerprint density at radius 1 is 1.15 bits per heavy atom. The van der Waals surface area contributed by atoms with E-state index in [2.05, 4.69) is 29.2 Å². The number of hydrogen-bond donors (Lipinski definition) is 1. The van der Waals surface area contributed by atoms with E-state index in [-0.39, 0.29) is 5.24 Å². The van der Waals surface area contributed by atoms with E-state index in [0.29, 0.717) is 5.75 Å². The summed E-state index contributed by atoms with van der Waals surface area (Å²) < 4.78 is 9.44. The van der Waals surface area contributed by atoms with Crippen LogP contribution in [0.4, 0.5) is 0 Å². The Balaban J connectivity index is 2.50. The van der Waals surface area contributed by atoms with Gasteiger partial charge in [-0.2, -0.15) is 0 Å². The molecule has 1 rings (SSSR count). The van der Waals surface area contributed by atoms with Gasteiger partial charge in [0.15, 0.2) is 0 Å². The van der Waals surface area contributed by atoms with E-state index in [1.54, 1.807) is 24.3 Å². The number of ether oxygens (including phenoxy) is 2. The lowest BCUT2D eigenvalue weighted by Gasteiger charge is -2.04.